The minimum atomic E-state index is -3.09. The molecule has 0 saturated heterocycles. The van der Waals surface area contributed by atoms with Crippen molar-refractivity contribution in [3.05, 3.63) is 57.9 Å². The largest absolute Gasteiger partial charge is 0.352 e. The van der Waals surface area contributed by atoms with Crippen LogP contribution < -0.4 is 5.32 Å². The number of rotatable bonds is 7. The molecule has 0 bridgehead atoms. The molecule has 2 rings (SSSR count). The lowest BCUT2D eigenvalue weighted by Crippen LogP contribution is -2.27. The molecule has 2 aromatic rings. The minimum Gasteiger partial charge on any atom is -0.352 e. The minimum absolute atomic E-state index is 0.0829. The molecule has 0 radical (unpaired) electrons. The maximum absolute atomic E-state index is 11.8. The number of benzene rings is 1. The Balaban J connectivity index is 2.07. The van der Waals surface area contributed by atoms with Gasteiger partial charge in [-0.1, -0.05) is 29.8 Å². The first-order valence-electron chi connectivity index (χ1n) is 8.08. The van der Waals surface area contributed by atoms with Gasteiger partial charge in [0, 0.05) is 35.2 Å². The summed E-state index contributed by atoms with van der Waals surface area (Å²) < 4.78 is 24.0. The van der Waals surface area contributed by atoms with Gasteiger partial charge in [-0.3, -0.25) is 9.48 Å². The van der Waals surface area contributed by atoms with Crippen LogP contribution in [-0.4, -0.2) is 42.7 Å². The van der Waals surface area contributed by atoms with Crippen molar-refractivity contribution in [3.8, 4) is 0 Å². The SMILES string of the molecule is Cc1nn(Cc2ccccc2Cl)c(C)c1C=CC(=O)NCCS(C)(=O)=O. The molecule has 6 nitrogen and oxygen atoms in total. The van der Waals surface area contributed by atoms with Crippen molar-refractivity contribution in [3.63, 3.8) is 0 Å². The Morgan fingerprint density at radius 3 is 2.65 bits per heavy atom. The quantitative estimate of drug-likeness (QED) is 0.730. The summed E-state index contributed by atoms with van der Waals surface area (Å²) in [6.07, 6.45) is 4.21. The van der Waals surface area contributed by atoms with Crippen LogP contribution in [0.2, 0.25) is 5.02 Å². The first kappa shape index (κ1) is 20.2. The van der Waals surface area contributed by atoms with E-state index in [4.69, 9.17) is 11.6 Å². The van der Waals surface area contributed by atoms with Crippen LogP contribution in [0.15, 0.2) is 30.3 Å². The van der Waals surface area contributed by atoms with Crippen LogP contribution in [0.25, 0.3) is 6.08 Å². The molecule has 0 saturated carbocycles. The molecule has 0 aliphatic carbocycles. The van der Waals surface area contributed by atoms with E-state index in [-0.39, 0.29) is 18.2 Å². The van der Waals surface area contributed by atoms with Gasteiger partial charge in [-0.2, -0.15) is 5.10 Å². The Kier molecular flexibility index (Phi) is 6.61. The molecule has 0 fully saturated rings. The Morgan fingerprint density at radius 1 is 1.31 bits per heavy atom. The fraction of sp³-hybridized carbons (Fsp3) is 0.333. The zero-order chi connectivity index (χ0) is 19.3. The lowest BCUT2D eigenvalue weighted by Gasteiger charge is -2.06. The van der Waals surface area contributed by atoms with Gasteiger partial charge in [0.25, 0.3) is 0 Å². The maximum Gasteiger partial charge on any atom is 0.244 e. The summed E-state index contributed by atoms with van der Waals surface area (Å²) >= 11 is 6.21. The van der Waals surface area contributed by atoms with Crippen LogP contribution >= 0.6 is 11.6 Å². The number of carbonyl (C=O) groups is 1. The van der Waals surface area contributed by atoms with Gasteiger partial charge in [0.05, 0.1) is 18.0 Å². The summed E-state index contributed by atoms with van der Waals surface area (Å²) in [6.45, 7) is 4.43. The number of nitrogens with zero attached hydrogens (tertiary/aromatic N) is 2. The molecule has 140 valence electrons. The summed E-state index contributed by atoms with van der Waals surface area (Å²) in [5.74, 6) is -0.424. The van der Waals surface area contributed by atoms with Gasteiger partial charge < -0.3 is 5.32 Å². The maximum atomic E-state index is 11.8. The molecule has 1 N–H and O–H groups in total. The van der Waals surface area contributed by atoms with Crippen LogP contribution in [0.3, 0.4) is 0 Å². The fourth-order valence-electron chi connectivity index (χ4n) is 2.47. The van der Waals surface area contributed by atoms with Crippen molar-refractivity contribution in [2.75, 3.05) is 18.6 Å². The smallest absolute Gasteiger partial charge is 0.244 e. The Hall–Kier alpha value is -2.12. The number of sulfone groups is 1. The topological polar surface area (TPSA) is 81.1 Å². The second-order valence-corrected chi connectivity index (χ2v) is 8.75. The van der Waals surface area contributed by atoms with Crippen molar-refractivity contribution in [1.82, 2.24) is 15.1 Å². The predicted octanol–water partition coefficient (Wildman–Crippen LogP) is 2.38. The van der Waals surface area contributed by atoms with Crippen LogP contribution in [-0.2, 0) is 21.2 Å². The van der Waals surface area contributed by atoms with Crippen LogP contribution in [0.5, 0.6) is 0 Å². The Bertz CT molecular complexity index is 933. The predicted molar refractivity (Wildman–Crippen MR) is 104 cm³/mol. The van der Waals surface area contributed by atoms with E-state index in [0.29, 0.717) is 11.6 Å². The molecule has 26 heavy (non-hydrogen) atoms. The molecule has 1 amide bonds. The summed E-state index contributed by atoms with van der Waals surface area (Å²) in [6, 6.07) is 7.59. The second-order valence-electron chi connectivity index (χ2n) is 6.09. The Labute approximate surface area is 158 Å². The second kappa shape index (κ2) is 8.51. The van der Waals surface area contributed by atoms with Gasteiger partial charge in [-0.05, 0) is 31.6 Å². The van der Waals surface area contributed by atoms with Crippen molar-refractivity contribution in [2.24, 2.45) is 0 Å². The van der Waals surface area contributed by atoms with Crippen molar-refractivity contribution in [2.45, 2.75) is 20.4 Å². The van der Waals surface area contributed by atoms with Crippen molar-refractivity contribution in [1.29, 1.82) is 0 Å². The van der Waals surface area contributed by atoms with E-state index in [1.54, 1.807) is 6.08 Å². The zero-order valence-electron chi connectivity index (χ0n) is 15.0. The third kappa shape index (κ3) is 5.71. The average molecular weight is 396 g/mol. The summed E-state index contributed by atoms with van der Waals surface area (Å²) in [4.78, 5) is 11.8. The monoisotopic (exact) mass is 395 g/mol. The molecular formula is C18H22ClN3O3S. The molecule has 1 heterocycles. The van der Waals surface area contributed by atoms with Gasteiger partial charge in [0.1, 0.15) is 9.84 Å². The Morgan fingerprint density at radius 2 is 2.00 bits per heavy atom. The first-order valence-corrected chi connectivity index (χ1v) is 10.5. The number of hydrogen-bond acceptors (Lipinski definition) is 4. The molecule has 8 heteroatoms. The summed E-state index contributed by atoms with van der Waals surface area (Å²) in [5, 5.41) is 7.75. The highest BCUT2D eigenvalue weighted by Gasteiger charge is 2.11. The first-order chi connectivity index (χ1) is 12.2. The highest BCUT2D eigenvalue weighted by atomic mass is 35.5. The fourth-order valence-corrected chi connectivity index (χ4v) is 3.14. The van der Waals surface area contributed by atoms with Crippen LogP contribution in [0.1, 0.15) is 22.5 Å². The van der Waals surface area contributed by atoms with E-state index in [1.807, 2.05) is 42.8 Å². The molecule has 1 aromatic carbocycles. The van der Waals surface area contributed by atoms with Crippen molar-refractivity contribution < 1.29 is 13.2 Å². The number of amides is 1. The van der Waals surface area contributed by atoms with Gasteiger partial charge in [-0.25, -0.2) is 8.42 Å². The number of hydrogen-bond donors (Lipinski definition) is 1. The average Bonchev–Trinajstić information content (AvgIpc) is 2.80. The third-order valence-electron chi connectivity index (χ3n) is 3.89. The van der Waals surface area contributed by atoms with E-state index in [0.717, 1.165) is 28.8 Å². The van der Waals surface area contributed by atoms with Crippen molar-refractivity contribution >= 4 is 33.4 Å². The summed E-state index contributed by atoms with van der Waals surface area (Å²) in [7, 11) is -3.09. The number of aryl methyl sites for hydroxylation is 1. The van der Waals surface area contributed by atoms with Gasteiger partial charge >= 0.3 is 0 Å². The molecular weight excluding hydrogens is 374 g/mol. The molecule has 0 unspecified atom stereocenters. The number of halogens is 1. The standard InChI is InChI=1S/C18H22ClN3O3S/c1-13-16(8-9-18(23)20-10-11-26(3,24)25)14(2)22(21-13)12-15-6-4-5-7-17(15)19/h4-9H,10-12H2,1-3H3,(H,20,23). The highest BCUT2D eigenvalue weighted by molar-refractivity contribution is 7.90. The van der Waals surface area contributed by atoms with E-state index >= 15 is 0 Å². The van der Waals surface area contributed by atoms with Gasteiger partial charge in [-0.15, -0.1) is 0 Å². The molecule has 1 aromatic heterocycles. The summed E-state index contributed by atoms with van der Waals surface area (Å²) in [5.41, 5.74) is 3.54. The van der Waals surface area contributed by atoms with Crippen LogP contribution in [0.4, 0.5) is 0 Å². The van der Waals surface area contributed by atoms with Crippen LogP contribution in [0, 0.1) is 13.8 Å². The molecule has 0 spiro atoms. The normalized spacial score (nSPS) is 11.8. The zero-order valence-corrected chi connectivity index (χ0v) is 16.6. The number of aromatic nitrogens is 2. The number of carbonyl (C=O) groups excluding carboxylic acids is 1. The third-order valence-corrected chi connectivity index (χ3v) is 5.20. The lowest BCUT2D eigenvalue weighted by molar-refractivity contribution is -0.116. The van der Waals surface area contributed by atoms with E-state index < -0.39 is 9.84 Å². The van der Waals surface area contributed by atoms with E-state index in [1.165, 1.54) is 6.08 Å². The van der Waals surface area contributed by atoms with Gasteiger partial charge in [0.15, 0.2) is 0 Å². The number of nitrogens with one attached hydrogen (secondary N) is 1. The lowest BCUT2D eigenvalue weighted by atomic mass is 10.1. The molecule has 0 aliphatic heterocycles. The molecule has 0 aliphatic rings. The van der Waals surface area contributed by atoms with E-state index in [2.05, 4.69) is 10.4 Å². The van der Waals surface area contributed by atoms with Gasteiger partial charge in [0.2, 0.25) is 5.91 Å². The highest BCUT2D eigenvalue weighted by Crippen LogP contribution is 2.20. The molecule has 0 atom stereocenters. The van der Waals surface area contributed by atoms with E-state index in [9.17, 15) is 13.2 Å².